The first-order chi connectivity index (χ1) is 8.19. The molecule has 0 aliphatic rings. The van der Waals surface area contributed by atoms with Gasteiger partial charge in [0.1, 0.15) is 0 Å². The maximum absolute atomic E-state index is 9.62. The van der Waals surface area contributed by atoms with Crippen LogP contribution in [-0.2, 0) is 6.54 Å². The summed E-state index contributed by atoms with van der Waals surface area (Å²) in [4.78, 5) is 1.23. The highest BCUT2D eigenvalue weighted by atomic mass is 79.9. The Morgan fingerprint density at radius 1 is 1.41 bits per heavy atom. The lowest BCUT2D eigenvalue weighted by atomic mass is 10.2. The number of phenols is 1. The normalized spacial score (nSPS) is 10.2. The molecule has 0 radical (unpaired) electrons. The highest BCUT2D eigenvalue weighted by Gasteiger charge is 2.03. The first kappa shape index (κ1) is 12.3. The van der Waals surface area contributed by atoms with Gasteiger partial charge in [-0.3, -0.25) is 0 Å². The minimum Gasteiger partial charge on any atom is -0.504 e. The van der Waals surface area contributed by atoms with Crippen LogP contribution >= 0.6 is 27.3 Å². The summed E-state index contributed by atoms with van der Waals surface area (Å²) in [6.45, 7) is 0.738. The number of hydrogen-bond acceptors (Lipinski definition) is 4. The van der Waals surface area contributed by atoms with Crippen LogP contribution in [0.15, 0.2) is 34.1 Å². The first-order valence-electron chi connectivity index (χ1n) is 5.03. The topological polar surface area (TPSA) is 41.5 Å². The lowest BCUT2D eigenvalue weighted by molar-refractivity contribution is 0.373. The van der Waals surface area contributed by atoms with Crippen molar-refractivity contribution in [2.24, 2.45) is 0 Å². The number of ether oxygens (including phenoxy) is 1. The summed E-state index contributed by atoms with van der Waals surface area (Å²) in [7, 11) is 1.53. The van der Waals surface area contributed by atoms with Crippen LogP contribution in [0.1, 0.15) is 4.88 Å². The summed E-state index contributed by atoms with van der Waals surface area (Å²) in [5.74, 6) is 0.624. The van der Waals surface area contributed by atoms with E-state index in [1.54, 1.807) is 23.5 Å². The molecule has 1 aromatic carbocycles. The Kier molecular flexibility index (Phi) is 3.91. The number of methoxy groups -OCH3 is 1. The summed E-state index contributed by atoms with van der Waals surface area (Å²) >= 11 is 5.10. The average molecular weight is 314 g/mol. The lowest BCUT2D eigenvalue weighted by Gasteiger charge is -2.07. The third-order valence-corrected chi connectivity index (χ3v) is 3.96. The zero-order valence-electron chi connectivity index (χ0n) is 9.24. The number of phenolic OH excluding ortho intramolecular Hbond substituents is 1. The Hall–Kier alpha value is -1.20. The van der Waals surface area contributed by atoms with Crippen LogP contribution in [-0.4, -0.2) is 12.2 Å². The van der Waals surface area contributed by atoms with Gasteiger partial charge in [-0.15, -0.1) is 11.3 Å². The summed E-state index contributed by atoms with van der Waals surface area (Å²) in [5, 5.41) is 14.9. The van der Waals surface area contributed by atoms with E-state index in [0.717, 1.165) is 16.7 Å². The van der Waals surface area contributed by atoms with Crippen molar-refractivity contribution in [3.63, 3.8) is 0 Å². The number of aromatic hydroxyl groups is 1. The van der Waals surface area contributed by atoms with E-state index in [-0.39, 0.29) is 5.75 Å². The van der Waals surface area contributed by atoms with E-state index in [9.17, 15) is 5.11 Å². The summed E-state index contributed by atoms with van der Waals surface area (Å²) in [6, 6.07) is 7.34. The summed E-state index contributed by atoms with van der Waals surface area (Å²) in [6.07, 6.45) is 0. The predicted octanol–water partition coefficient (Wildman–Crippen LogP) is 3.84. The number of rotatable bonds is 4. The van der Waals surface area contributed by atoms with E-state index >= 15 is 0 Å². The predicted molar refractivity (Wildman–Crippen MR) is 74.0 cm³/mol. The van der Waals surface area contributed by atoms with Crippen LogP contribution in [0, 0.1) is 0 Å². The number of anilines is 1. The van der Waals surface area contributed by atoms with E-state index in [4.69, 9.17) is 4.74 Å². The summed E-state index contributed by atoms with van der Waals surface area (Å²) < 4.78 is 6.08. The van der Waals surface area contributed by atoms with E-state index in [2.05, 4.69) is 27.3 Å². The van der Waals surface area contributed by atoms with Crippen LogP contribution in [0.5, 0.6) is 11.5 Å². The number of hydrogen-bond donors (Lipinski definition) is 2. The molecule has 0 amide bonds. The number of benzene rings is 1. The SMILES string of the molecule is COc1ccc(NCc2cc(Br)cs2)cc1O. The van der Waals surface area contributed by atoms with Gasteiger partial charge in [-0.25, -0.2) is 0 Å². The molecule has 0 saturated carbocycles. The van der Waals surface area contributed by atoms with E-state index in [0.29, 0.717) is 5.75 Å². The third-order valence-electron chi connectivity index (χ3n) is 2.27. The van der Waals surface area contributed by atoms with Gasteiger partial charge in [0.05, 0.1) is 7.11 Å². The van der Waals surface area contributed by atoms with Crippen molar-refractivity contribution >= 4 is 33.0 Å². The summed E-state index contributed by atoms with van der Waals surface area (Å²) in [5.41, 5.74) is 0.868. The molecular weight excluding hydrogens is 302 g/mol. The molecule has 0 atom stereocenters. The van der Waals surface area contributed by atoms with Crippen molar-refractivity contribution in [2.45, 2.75) is 6.54 Å². The molecule has 0 saturated heterocycles. The zero-order valence-corrected chi connectivity index (χ0v) is 11.6. The zero-order chi connectivity index (χ0) is 12.3. The third kappa shape index (κ3) is 3.14. The molecule has 2 rings (SSSR count). The van der Waals surface area contributed by atoms with Crippen molar-refractivity contribution in [1.82, 2.24) is 0 Å². The monoisotopic (exact) mass is 313 g/mol. The van der Waals surface area contributed by atoms with E-state index in [1.165, 1.54) is 12.0 Å². The molecule has 1 heterocycles. The van der Waals surface area contributed by atoms with Crippen LogP contribution < -0.4 is 10.1 Å². The fraction of sp³-hybridized carbons (Fsp3) is 0.167. The highest BCUT2D eigenvalue weighted by molar-refractivity contribution is 9.10. The Morgan fingerprint density at radius 2 is 2.24 bits per heavy atom. The number of thiophene rings is 1. The highest BCUT2D eigenvalue weighted by Crippen LogP contribution is 2.29. The molecule has 17 heavy (non-hydrogen) atoms. The molecule has 0 spiro atoms. The van der Waals surface area contributed by atoms with E-state index in [1.807, 2.05) is 11.4 Å². The molecule has 0 aliphatic carbocycles. The van der Waals surface area contributed by atoms with Crippen LogP contribution in [0.4, 0.5) is 5.69 Å². The molecule has 3 nitrogen and oxygen atoms in total. The first-order valence-corrected chi connectivity index (χ1v) is 6.70. The number of halogens is 1. The number of nitrogens with one attached hydrogen (secondary N) is 1. The van der Waals surface area contributed by atoms with Crippen LogP contribution in [0.3, 0.4) is 0 Å². The van der Waals surface area contributed by atoms with E-state index < -0.39 is 0 Å². The standard InChI is InChI=1S/C12H12BrNO2S/c1-16-12-3-2-9(5-11(12)15)14-6-10-4-8(13)7-17-10/h2-5,7,14-15H,6H2,1H3. The molecule has 0 aliphatic heterocycles. The molecule has 90 valence electrons. The lowest BCUT2D eigenvalue weighted by Crippen LogP contribution is -1.97. The van der Waals surface area contributed by atoms with Crippen molar-refractivity contribution in [1.29, 1.82) is 0 Å². The Labute approximate surface area is 112 Å². The molecule has 2 N–H and O–H groups in total. The molecular formula is C12H12BrNO2S. The van der Waals surface area contributed by atoms with Crippen molar-refractivity contribution in [3.8, 4) is 11.5 Å². The second-order valence-electron chi connectivity index (χ2n) is 3.47. The van der Waals surface area contributed by atoms with Gasteiger partial charge in [0, 0.05) is 33.0 Å². The maximum atomic E-state index is 9.62. The quantitative estimate of drug-likeness (QED) is 0.901. The van der Waals surface area contributed by atoms with Crippen molar-refractivity contribution in [2.75, 3.05) is 12.4 Å². The molecule has 1 aromatic heterocycles. The second kappa shape index (κ2) is 5.42. The van der Waals surface area contributed by atoms with Gasteiger partial charge in [-0.2, -0.15) is 0 Å². The Balaban J connectivity index is 2.02. The largest absolute Gasteiger partial charge is 0.504 e. The Morgan fingerprint density at radius 3 is 2.82 bits per heavy atom. The van der Waals surface area contributed by atoms with Gasteiger partial charge in [0.15, 0.2) is 11.5 Å². The van der Waals surface area contributed by atoms with Gasteiger partial charge in [-0.1, -0.05) is 0 Å². The van der Waals surface area contributed by atoms with Crippen molar-refractivity contribution < 1.29 is 9.84 Å². The molecule has 0 unspecified atom stereocenters. The van der Waals surface area contributed by atoms with Crippen LogP contribution in [0.2, 0.25) is 0 Å². The minimum absolute atomic E-state index is 0.143. The second-order valence-corrected chi connectivity index (χ2v) is 5.38. The van der Waals surface area contributed by atoms with Gasteiger partial charge in [0.2, 0.25) is 0 Å². The van der Waals surface area contributed by atoms with Crippen LogP contribution in [0.25, 0.3) is 0 Å². The fourth-order valence-corrected chi connectivity index (χ4v) is 2.83. The molecule has 0 bridgehead atoms. The van der Waals surface area contributed by atoms with Gasteiger partial charge in [-0.05, 0) is 34.1 Å². The maximum Gasteiger partial charge on any atom is 0.160 e. The molecule has 0 fully saturated rings. The fourth-order valence-electron chi connectivity index (χ4n) is 1.44. The molecule has 5 heteroatoms. The minimum atomic E-state index is 0.143. The van der Waals surface area contributed by atoms with Gasteiger partial charge >= 0.3 is 0 Å². The van der Waals surface area contributed by atoms with Crippen molar-refractivity contribution in [3.05, 3.63) is 39.0 Å². The average Bonchev–Trinajstić information content (AvgIpc) is 2.73. The Bertz CT molecular complexity index is 513. The smallest absolute Gasteiger partial charge is 0.160 e. The van der Waals surface area contributed by atoms with Gasteiger partial charge < -0.3 is 15.2 Å². The molecule has 2 aromatic rings. The van der Waals surface area contributed by atoms with Gasteiger partial charge in [0.25, 0.3) is 0 Å².